The lowest BCUT2D eigenvalue weighted by atomic mass is 9.44. The van der Waals surface area contributed by atoms with Gasteiger partial charge in [0.05, 0.1) is 29.6 Å². The Morgan fingerprint density at radius 3 is 2.33 bits per heavy atom. The molecule has 1 aliphatic heterocycles. The molecule has 2 bridgehead atoms. The maximum Gasteiger partial charge on any atom is 0.367 e. The van der Waals surface area contributed by atoms with Gasteiger partial charge in [0.1, 0.15) is 30.0 Å². The fourth-order valence-corrected chi connectivity index (χ4v) is 8.69. The van der Waals surface area contributed by atoms with E-state index >= 15 is 4.79 Å². The molecule has 12 heteroatoms. The lowest BCUT2D eigenvalue weighted by Gasteiger charge is -2.67. The van der Waals surface area contributed by atoms with Gasteiger partial charge in [-0.05, 0) is 48.9 Å². The predicted molar refractivity (Wildman–Crippen MR) is 162 cm³/mol. The summed E-state index contributed by atoms with van der Waals surface area (Å²) < 4.78 is 30.2. The molecule has 1 heterocycles. The third-order valence-electron chi connectivity index (χ3n) is 10.6. The lowest BCUT2D eigenvalue weighted by Crippen LogP contribution is -2.82. The predicted octanol–water partition coefficient (Wildman–Crippen LogP) is 3.63. The highest BCUT2D eigenvalue weighted by molar-refractivity contribution is 8.13. The zero-order valence-corrected chi connectivity index (χ0v) is 27.5. The number of hydrogen-bond donors (Lipinski definition) is 2. The molecule has 0 radical (unpaired) electrons. The molecule has 0 aromatic heterocycles. The second-order valence-corrected chi connectivity index (χ2v) is 14.4. The number of fused-ring (bicyclic) bond motifs is 5. The minimum Gasteiger partial charge on any atom is -0.455 e. The number of aliphatic hydroxyl groups is 2. The van der Waals surface area contributed by atoms with Gasteiger partial charge in [0.15, 0.2) is 11.4 Å². The summed E-state index contributed by atoms with van der Waals surface area (Å²) in [5, 5.41) is 23.8. The number of Topliss-reactive ketones (excluding diaryl/α,β-unsaturated/α-hetero) is 1. The summed E-state index contributed by atoms with van der Waals surface area (Å²) >= 11 is 0.928. The number of ketones is 1. The largest absolute Gasteiger partial charge is 0.455 e. The number of thioether (sulfide) groups is 1. The third-order valence-corrected chi connectivity index (χ3v) is 11.2. The van der Waals surface area contributed by atoms with Crippen molar-refractivity contribution in [3.63, 3.8) is 0 Å². The van der Waals surface area contributed by atoms with E-state index in [0.717, 1.165) is 11.8 Å². The van der Waals surface area contributed by atoms with Crippen LogP contribution in [0.3, 0.4) is 0 Å². The number of methoxy groups -OCH3 is 1. The van der Waals surface area contributed by atoms with Crippen LogP contribution in [-0.2, 0) is 33.3 Å². The first-order chi connectivity index (χ1) is 21.1. The smallest absolute Gasteiger partial charge is 0.367 e. The summed E-state index contributed by atoms with van der Waals surface area (Å²) in [6, 6.07) is 8.18. The molecule has 1 aromatic rings. The maximum absolute atomic E-state index is 15.1. The second kappa shape index (κ2) is 11.8. The van der Waals surface area contributed by atoms with E-state index in [1.54, 1.807) is 65.0 Å². The van der Waals surface area contributed by atoms with Gasteiger partial charge in [-0.2, -0.15) is 0 Å². The SMILES string of the molecule is CCSC(=O)O[C@H]1C[C@H]2OC[C@@]2(OC(C)=O)[C@H]2[C@H](OC(=O)c3ccccc3)[C@]3(O)C[C@H](O)C(C)=C([C@@H](OC)C(=O)C12C)C3(C)C. The summed E-state index contributed by atoms with van der Waals surface area (Å²) in [6.45, 7) is 9.56. The van der Waals surface area contributed by atoms with Crippen LogP contribution in [-0.4, -0.2) is 94.4 Å². The van der Waals surface area contributed by atoms with Gasteiger partial charge in [0, 0.05) is 38.0 Å². The molecule has 11 nitrogen and oxygen atoms in total. The first-order valence-corrected chi connectivity index (χ1v) is 16.2. The van der Waals surface area contributed by atoms with Crippen LogP contribution in [0.1, 0.15) is 64.7 Å². The minimum absolute atomic E-state index is 0.000294. The van der Waals surface area contributed by atoms with Crippen LogP contribution in [0.15, 0.2) is 41.5 Å². The number of carbonyl (C=O) groups excluding carboxylic acids is 4. The first-order valence-electron chi connectivity index (χ1n) is 15.2. The summed E-state index contributed by atoms with van der Waals surface area (Å²) in [5.74, 6) is -2.85. The summed E-state index contributed by atoms with van der Waals surface area (Å²) in [6.07, 6.45) is -6.32. The number of carbonyl (C=O) groups is 4. The molecule has 0 spiro atoms. The standard InChI is InChI=1S/C33H42O11S/c1-8-45-29(38)42-21-14-22-32(16-41-22,44-18(3)34)25-27(43-28(37)19-12-10-9-11-13-19)33(39)15-20(35)17(2)23(30(33,4)5)24(40-7)26(36)31(21,25)6/h9-13,20-22,24-25,27,35,39H,8,14-16H2,1-7H3/t20-,21-,22+,24+,25-,27-,31?,32-,33+/m0/s1. The zero-order chi connectivity index (χ0) is 33.1. The van der Waals surface area contributed by atoms with Crippen LogP contribution in [0.4, 0.5) is 4.79 Å². The molecule has 9 atom stereocenters. The Hall–Kier alpha value is -2.77. The molecular weight excluding hydrogens is 604 g/mol. The summed E-state index contributed by atoms with van der Waals surface area (Å²) in [7, 11) is 1.36. The van der Waals surface area contributed by atoms with Crippen molar-refractivity contribution in [2.45, 2.75) is 96.1 Å². The normalized spacial score (nSPS) is 38.5. The first kappa shape index (κ1) is 33.6. The monoisotopic (exact) mass is 646 g/mol. The highest BCUT2D eigenvalue weighted by atomic mass is 32.2. The van der Waals surface area contributed by atoms with Gasteiger partial charge >= 0.3 is 17.2 Å². The van der Waals surface area contributed by atoms with Crippen molar-refractivity contribution >= 4 is 34.8 Å². The third kappa shape index (κ3) is 4.95. The van der Waals surface area contributed by atoms with E-state index in [1.807, 2.05) is 0 Å². The van der Waals surface area contributed by atoms with Crippen molar-refractivity contribution in [3.8, 4) is 0 Å². The molecule has 1 aromatic carbocycles. The van der Waals surface area contributed by atoms with Gasteiger partial charge < -0.3 is 33.9 Å². The van der Waals surface area contributed by atoms with E-state index < -0.39 is 81.5 Å². The lowest BCUT2D eigenvalue weighted by molar-refractivity contribution is -0.345. The number of aliphatic hydroxyl groups excluding tert-OH is 1. The van der Waals surface area contributed by atoms with Crippen LogP contribution in [0.5, 0.6) is 0 Å². The second-order valence-electron chi connectivity index (χ2n) is 13.2. The Labute approximate surface area is 266 Å². The Morgan fingerprint density at radius 1 is 1.11 bits per heavy atom. The molecule has 2 saturated carbocycles. The molecule has 4 aliphatic rings. The molecule has 3 aliphatic carbocycles. The van der Waals surface area contributed by atoms with Crippen molar-refractivity contribution in [3.05, 3.63) is 47.0 Å². The van der Waals surface area contributed by atoms with E-state index in [0.29, 0.717) is 16.9 Å². The Kier molecular flexibility index (Phi) is 8.80. The fraction of sp³-hybridized carbons (Fsp3) is 0.636. The average Bonchev–Trinajstić information content (AvgIpc) is 2.97. The molecular formula is C33H42O11S. The maximum atomic E-state index is 15.1. The fourth-order valence-electron chi connectivity index (χ4n) is 8.27. The van der Waals surface area contributed by atoms with E-state index in [9.17, 15) is 24.6 Å². The van der Waals surface area contributed by atoms with Crippen LogP contribution in [0, 0.1) is 16.7 Å². The quantitative estimate of drug-likeness (QED) is 0.263. The topological polar surface area (TPSA) is 155 Å². The highest BCUT2D eigenvalue weighted by Crippen LogP contribution is 2.64. The molecule has 0 amide bonds. The Balaban J connectivity index is 1.84. The number of hydrogen-bond acceptors (Lipinski definition) is 12. The van der Waals surface area contributed by atoms with Crippen LogP contribution in [0.2, 0.25) is 0 Å². The van der Waals surface area contributed by atoms with E-state index in [1.165, 1.54) is 14.0 Å². The van der Waals surface area contributed by atoms with Crippen molar-refractivity contribution in [2.24, 2.45) is 16.7 Å². The zero-order valence-electron chi connectivity index (χ0n) is 26.7. The van der Waals surface area contributed by atoms with Gasteiger partial charge in [-0.3, -0.25) is 9.59 Å². The molecule has 1 unspecified atom stereocenters. The van der Waals surface area contributed by atoms with Crippen molar-refractivity contribution in [1.82, 2.24) is 0 Å². The summed E-state index contributed by atoms with van der Waals surface area (Å²) in [4.78, 5) is 54.8. The Bertz CT molecular complexity index is 1410. The van der Waals surface area contributed by atoms with Gasteiger partial charge in [0.25, 0.3) is 0 Å². The number of ether oxygens (including phenoxy) is 5. The van der Waals surface area contributed by atoms with Crippen molar-refractivity contribution in [1.29, 1.82) is 0 Å². The Morgan fingerprint density at radius 2 is 1.78 bits per heavy atom. The molecule has 3 fully saturated rings. The van der Waals surface area contributed by atoms with Crippen LogP contribution in [0.25, 0.3) is 0 Å². The highest BCUT2D eigenvalue weighted by Gasteiger charge is 2.78. The molecule has 45 heavy (non-hydrogen) atoms. The van der Waals surface area contributed by atoms with E-state index in [4.69, 9.17) is 23.7 Å². The van der Waals surface area contributed by atoms with E-state index in [-0.39, 0.29) is 25.0 Å². The number of benzene rings is 1. The van der Waals surface area contributed by atoms with Gasteiger partial charge in [-0.25, -0.2) is 9.59 Å². The van der Waals surface area contributed by atoms with Crippen molar-refractivity contribution in [2.75, 3.05) is 19.5 Å². The average molecular weight is 647 g/mol. The van der Waals surface area contributed by atoms with Gasteiger partial charge in [0.2, 0.25) is 0 Å². The van der Waals surface area contributed by atoms with Crippen LogP contribution >= 0.6 is 11.8 Å². The molecule has 5 rings (SSSR count). The van der Waals surface area contributed by atoms with E-state index in [2.05, 4.69) is 0 Å². The number of esters is 2. The number of rotatable bonds is 6. The van der Waals surface area contributed by atoms with Crippen molar-refractivity contribution < 1.29 is 53.1 Å². The van der Waals surface area contributed by atoms with Gasteiger partial charge in [-0.15, -0.1) is 0 Å². The minimum atomic E-state index is -2.04. The van der Waals surface area contributed by atoms with Gasteiger partial charge in [-0.1, -0.05) is 39.0 Å². The summed E-state index contributed by atoms with van der Waals surface area (Å²) in [5.41, 5.74) is -5.65. The molecule has 1 saturated heterocycles. The molecule has 2 N–H and O–H groups in total. The molecule has 246 valence electrons. The van der Waals surface area contributed by atoms with Crippen LogP contribution < -0.4 is 0 Å².